The first-order valence-corrected chi connectivity index (χ1v) is 15.1. The van der Waals surface area contributed by atoms with E-state index >= 15 is 0 Å². The molecule has 0 saturated heterocycles. The van der Waals surface area contributed by atoms with Gasteiger partial charge in [0.05, 0.1) is 37.1 Å². The Balaban J connectivity index is 1.75. The van der Waals surface area contributed by atoms with Crippen LogP contribution in [0.4, 0.5) is 0 Å². The number of hydrogen-bond acceptors (Lipinski definition) is 9. The zero-order chi connectivity index (χ0) is 27.2. The Morgan fingerprint density at radius 3 is 1.97 bits per heavy atom. The highest BCUT2D eigenvalue weighted by molar-refractivity contribution is 7.87. The van der Waals surface area contributed by atoms with Crippen molar-refractivity contribution in [2.45, 2.75) is 49.6 Å². The molecule has 0 radical (unpaired) electrons. The van der Waals surface area contributed by atoms with Crippen molar-refractivity contribution in [1.29, 1.82) is 0 Å². The molecule has 2 aliphatic rings. The largest absolute Gasteiger partial charge is 0.371 e. The summed E-state index contributed by atoms with van der Waals surface area (Å²) in [6, 6.07) is 24.4. The molecule has 3 aromatic carbocycles. The van der Waals surface area contributed by atoms with Crippen molar-refractivity contribution in [1.82, 2.24) is 0 Å². The van der Waals surface area contributed by atoms with Gasteiger partial charge in [-0.05, 0) is 35.7 Å². The van der Waals surface area contributed by atoms with Crippen LogP contribution in [0.25, 0.3) is 0 Å². The average molecular weight is 563 g/mol. The highest BCUT2D eigenvalue weighted by Gasteiger charge is 2.53. The molecule has 2 heterocycles. The van der Waals surface area contributed by atoms with Crippen LogP contribution in [0.1, 0.15) is 23.6 Å². The summed E-state index contributed by atoms with van der Waals surface area (Å²) in [5.41, 5.74) is 2.31. The summed E-state index contributed by atoms with van der Waals surface area (Å²) in [4.78, 5) is -0.163. The number of fused-ring (bicyclic) bond motifs is 7. The molecule has 3 atom stereocenters. The molecule has 3 aromatic rings. The molecule has 38 heavy (non-hydrogen) atoms. The van der Waals surface area contributed by atoms with Crippen LogP contribution in [0, 0.1) is 0 Å². The van der Waals surface area contributed by atoms with Crippen LogP contribution in [0.2, 0.25) is 0 Å². The lowest BCUT2D eigenvalue weighted by Gasteiger charge is -2.40. The zero-order valence-electron chi connectivity index (χ0n) is 21.1. The molecule has 0 fully saturated rings. The third-order valence-corrected chi connectivity index (χ3v) is 7.75. The van der Waals surface area contributed by atoms with Gasteiger partial charge in [-0.2, -0.15) is 16.8 Å². The lowest BCUT2D eigenvalue weighted by Crippen LogP contribution is -2.58. The maximum absolute atomic E-state index is 13.4. The second-order valence-electron chi connectivity index (χ2n) is 8.99. The Labute approximate surface area is 223 Å². The SMILES string of the molecule is CC(OCc1ccccc1)C(OCc1ccccc1)C1(OS(C)(=O)=O)COCc2ccc(cc2)S(=O)(=O)O1. The molecule has 11 heteroatoms. The van der Waals surface area contributed by atoms with E-state index in [4.69, 9.17) is 22.6 Å². The van der Waals surface area contributed by atoms with Gasteiger partial charge in [-0.15, -0.1) is 0 Å². The monoisotopic (exact) mass is 562 g/mol. The lowest BCUT2D eigenvalue weighted by atomic mass is 10.1. The Morgan fingerprint density at radius 1 is 0.868 bits per heavy atom. The molecule has 204 valence electrons. The first-order chi connectivity index (χ1) is 18.1. The lowest BCUT2D eigenvalue weighted by molar-refractivity contribution is -0.256. The van der Waals surface area contributed by atoms with Gasteiger partial charge in [-0.25, -0.2) is 8.37 Å². The third-order valence-electron chi connectivity index (χ3n) is 5.82. The number of benzene rings is 3. The van der Waals surface area contributed by atoms with E-state index in [2.05, 4.69) is 0 Å². The molecule has 5 rings (SSSR count). The predicted octanol–water partition coefficient (Wildman–Crippen LogP) is 3.79. The van der Waals surface area contributed by atoms with Crippen LogP contribution in [0.3, 0.4) is 0 Å². The Bertz CT molecular complexity index is 1390. The van der Waals surface area contributed by atoms with Gasteiger partial charge in [-0.1, -0.05) is 72.8 Å². The highest BCUT2D eigenvalue weighted by Crippen LogP contribution is 2.34. The molecule has 2 bridgehead atoms. The Kier molecular flexibility index (Phi) is 8.99. The van der Waals surface area contributed by atoms with Crippen LogP contribution in [-0.2, 0) is 62.6 Å². The third kappa shape index (κ3) is 7.48. The molecule has 0 aromatic heterocycles. The van der Waals surface area contributed by atoms with E-state index in [1.165, 1.54) is 12.1 Å². The number of ether oxygens (including phenoxy) is 3. The molecule has 0 amide bonds. The highest BCUT2D eigenvalue weighted by atomic mass is 32.2. The van der Waals surface area contributed by atoms with E-state index in [0.29, 0.717) is 5.56 Å². The minimum Gasteiger partial charge on any atom is -0.371 e. The van der Waals surface area contributed by atoms with Crippen molar-refractivity contribution in [2.24, 2.45) is 0 Å². The summed E-state index contributed by atoms with van der Waals surface area (Å²) >= 11 is 0. The van der Waals surface area contributed by atoms with Crippen LogP contribution in [0.15, 0.2) is 89.8 Å². The van der Waals surface area contributed by atoms with E-state index in [-0.39, 0.29) is 24.7 Å². The van der Waals surface area contributed by atoms with Crippen molar-refractivity contribution in [3.05, 3.63) is 102 Å². The smallest absolute Gasteiger partial charge is 0.299 e. The fourth-order valence-corrected chi connectivity index (χ4v) is 5.91. The molecular formula is C27H30O9S2. The van der Waals surface area contributed by atoms with E-state index in [0.717, 1.165) is 17.4 Å². The predicted molar refractivity (Wildman–Crippen MR) is 139 cm³/mol. The maximum Gasteiger partial charge on any atom is 0.299 e. The first kappa shape index (κ1) is 28.4. The van der Waals surface area contributed by atoms with E-state index in [1.54, 1.807) is 19.1 Å². The topological polar surface area (TPSA) is 114 Å². The summed E-state index contributed by atoms with van der Waals surface area (Å²) < 4.78 is 80.8. The van der Waals surface area contributed by atoms with Crippen LogP contribution >= 0.6 is 0 Å². The number of rotatable bonds is 10. The van der Waals surface area contributed by atoms with Gasteiger partial charge in [0.1, 0.15) is 12.7 Å². The standard InChI is InChI=1S/C27H30O9S2/c1-21(33-18-22-9-5-3-6-10-22)26(34-19-23-11-7-4-8-12-23)27(35-37(2,28)29)20-32-17-24-13-15-25(16-14-24)38(30,31)36-27/h3-16,21,26H,17-20H2,1-2H3. The van der Waals surface area contributed by atoms with Gasteiger partial charge >= 0.3 is 0 Å². The average Bonchev–Trinajstić information content (AvgIpc) is 2.87. The summed E-state index contributed by atoms with van der Waals surface area (Å²) in [5, 5.41) is 0. The minimum atomic E-state index is -4.52. The summed E-state index contributed by atoms with van der Waals surface area (Å²) in [6.45, 7) is 1.27. The van der Waals surface area contributed by atoms with Crippen LogP contribution in [-0.4, -0.2) is 47.7 Å². The van der Waals surface area contributed by atoms with Crippen molar-refractivity contribution < 1.29 is 39.4 Å². The zero-order valence-corrected chi connectivity index (χ0v) is 22.7. The molecule has 0 N–H and O–H groups in total. The molecular weight excluding hydrogens is 532 g/mol. The van der Waals surface area contributed by atoms with Gasteiger partial charge < -0.3 is 14.2 Å². The van der Waals surface area contributed by atoms with E-state index < -0.39 is 44.8 Å². The molecule has 0 saturated carbocycles. The second kappa shape index (κ2) is 12.0. The molecule has 9 nitrogen and oxygen atoms in total. The van der Waals surface area contributed by atoms with Crippen molar-refractivity contribution in [3.63, 3.8) is 0 Å². The van der Waals surface area contributed by atoms with Gasteiger partial charge in [-0.3, -0.25) is 0 Å². The molecule has 0 spiro atoms. The van der Waals surface area contributed by atoms with Gasteiger partial charge in [0.25, 0.3) is 26.0 Å². The fraction of sp³-hybridized carbons (Fsp3) is 0.333. The van der Waals surface area contributed by atoms with Gasteiger partial charge in [0.2, 0.25) is 0 Å². The van der Waals surface area contributed by atoms with Crippen LogP contribution < -0.4 is 0 Å². The Hall–Kier alpha value is -2.64. The molecule has 0 aliphatic carbocycles. The summed E-state index contributed by atoms with van der Waals surface area (Å²) in [5.74, 6) is -2.43. The van der Waals surface area contributed by atoms with Gasteiger partial charge in [0, 0.05) is 0 Å². The van der Waals surface area contributed by atoms with Crippen molar-refractivity contribution >= 4 is 20.2 Å². The summed E-state index contributed by atoms with van der Waals surface area (Å²) in [7, 11) is -8.80. The normalized spacial score (nSPS) is 21.0. The van der Waals surface area contributed by atoms with E-state index in [9.17, 15) is 16.8 Å². The van der Waals surface area contributed by atoms with Crippen LogP contribution in [0.5, 0.6) is 0 Å². The van der Waals surface area contributed by atoms with Crippen molar-refractivity contribution in [3.8, 4) is 0 Å². The molecule has 3 unspecified atom stereocenters. The Morgan fingerprint density at radius 2 is 1.42 bits per heavy atom. The fourth-order valence-electron chi connectivity index (χ4n) is 4.06. The summed E-state index contributed by atoms with van der Waals surface area (Å²) in [6.07, 6.45) is -1.45. The van der Waals surface area contributed by atoms with Gasteiger partial charge in [0.15, 0.2) is 0 Å². The maximum atomic E-state index is 13.4. The molecule has 2 aliphatic heterocycles. The van der Waals surface area contributed by atoms with Crippen molar-refractivity contribution in [2.75, 3.05) is 12.9 Å². The second-order valence-corrected chi connectivity index (χ2v) is 12.1. The first-order valence-electron chi connectivity index (χ1n) is 11.9. The van der Waals surface area contributed by atoms with E-state index in [1.807, 2.05) is 60.7 Å². The number of hydrogen-bond donors (Lipinski definition) is 0. The minimum absolute atomic E-state index is 0.00340. The quantitative estimate of drug-likeness (QED) is 0.341.